The van der Waals surface area contributed by atoms with Gasteiger partial charge in [-0.05, 0) is 57.2 Å². The van der Waals surface area contributed by atoms with Gasteiger partial charge in [0, 0.05) is 18.7 Å². The lowest BCUT2D eigenvalue weighted by atomic mass is 10.2. The van der Waals surface area contributed by atoms with Crippen molar-refractivity contribution in [1.29, 1.82) is 0 Å². The predicted octanol–water partition coefficient (Wildman–Crippen LogP) is 3.41. The van der Waals surface area contributed by atoms with E-state index in [-0.39, 0.29) is 5.82 Å². The molecule has 0 spiro atoms. The third-order valence-corrected chi connectivity index (χ3v) is 5.43. The monoisotopic (exact) mass is 357 g/mol. The second-order valence-corrected chi connectivity index (χ2v) is 7.60. The molecule has 130 valence electrons. The van der Waals surface area contributed by atoms with E-state index in [0.29, 0.717) is 0 Å². The number of benzene rings is 1. The van der Waals surface area contributed by atoms with Crippen LogP contribution in [-0.4, -0.2) is 47.0 Å². The Morgan fingerprint density at radius 2 is 2.16 bits per heavy atom. The van der Waals surface area contributed by atoms with Crippen molar-refractivity contribution in [2.75, 3.05) is 32.1 Å². The smallest absolute Gasteiger partial charge is 0.164 e. The molecule has 7 heteroatoms. The third kappa shape index (κ3) is 3.21. The van der Waals surface area contributed by atoms with E-state index < -0.39 is 0 Å². The molecule has 0 saturated heterocycles. The van der Waals surface area contributed by atoms with Crippen molar-refractivity contribution in [3.05, 3.63) is 40.9 Å². The van der Waals surface area contributed by atoms with E-state index in [9.17, 15) is 4.39 Å². The van der Waals surface area contributed by atoms with Gasteiger partial charge in [-0.1, -0.05) is 11.3 Å². The van der Waals surface area contributed by atoms with Crippen molar-refractivity contribution in [3.63, 3.8) is 0 Å². The summed E-state index contributed by atoms with van der Waals surface area (Å²) in [6.07, 6.45) is 4.43. The molecular weight excluding hydrogens is 337 g/mol. The molecule has 0 aliphatic carbocycles. The number of nitrogens with zero attached hydrogens (tertiary/aromatic N) is 5. The fourth-order valence-corrected chi connectivity index (χ4v) is 4.17. The molecule has 0 radical (unpaired) electrons. The van der Waals surface area contributed by atoms with Gasteiger partial charge in [0.15, 0.2) is 5.82 Å². The summed E-state index contributed by atoms with van der Waals surface area (Å²) in [5, 5.41) is 1.09. The summed E-state index contributed by atoms with van der Waals surface area (Å²) in [5.41, 5.74) is 2.89. The van der Waals surface area contributed by atoms with E-state index in [1.165, 1.54) is 6.07 Å². The fraction of sp³-hybridized carbons (Fsp3) is 0.389. The summed E-state index contributed by atoms with van der Waals surface area (Å²) in [4.78, 5) is 18.9. The van der Waals surface area contributed by atoms with Crippen LogP contribution >= 0.6 is 11.3 Å². The average molecular weight is 357 g/mol. The number of anilines is 2. The van der Waals surface area contributed by atoms with Crippen molar-refractivity contribution < 1.29 is 4.39 Å². The molecule has 3 heterocycles. The minimum Gasteiger partial charge on any atom is -0.324 e. The molecule has 0 fully saturated rings. The summed E-state index contributed by atoms with van der Waals surface area (Å²) in [6.45, 7) is 1.83. The largest absolute Gasteiger partial charge is 0.324 e. The van der Waals surface area contributed by atoms with Crippen LogP contribution in [0, 0.1) is 5.82 Å². The quantitative estimate of drug-likeness (QED) is 0.700. The highest BCUT2D eigenvalue weighted by Crippen LogP contribution is 2.37. The molecule has 1 aromatic carbocycles. The Bertz CT molecular complexity index is 908. The van der Waals surface area contributed by atoms with Crippen LogP contribution in [0.3, 0.4) is 0 Å². The predicted molar refractivity (Wildman–Crippen MR) is 99.2 cm³/mol. The lowest BCUT2D eigenvalue weighted by Gasteiger charge is -2.18. The number of hydrogen-bond acceptors (Lipinski definition) is 6. The van der Waals surface area contributed by atoms with Gasteiger partial charge in [0.1, 0.15) is 22.5 Å². The molecular formula is C18H20FN5S. The highest BCUT2D eigenvalue weighted by molar-refractivity contribution is 7.18. The van der Waals surface area contributed by atoms with E-state index >= 15 is 0 Å². The molecule has 0 bridgehead atoms. The minimum absolute atomic E-state index is 0.190. The molecule has 25 heavy (non-hydrogen) atoms. The Labute approximate surface area is 150 Å². The van der Waals surface area contributed by atoms with Crippen LogP contribution < -0.4 is 4.90 Å². The topological polar surface area (TPSA) is 45.2 Å². The number of hydrogen-bond donors (Lipinski definition) is 0. The first kappa shape index (κ1) is 16.4. The van der Waals surface area contributed by atoms with Crippen LogP contribution in [0.1, 0.15) is 17.0 Å². The summed E-state index contributed by atoms with van der Waals surface area (Å²) < 4.78 is 13.5. The van der Waals surface area contributed by atoms with Gasteiger partial charge in [-0.2, -0.15) is 0 Å². The number of aryl methyl sites for hydroxylation is 1. The lowest BCUT2D eigenvalue weighted by Crippen LogP contribution is -2.15. The summed E-state index contributed by atoms with van der Waals surface area (Å²) in [6, 6.07) is 4.95. The first-order valence-electron chi connectivity index (χ1n) is 8.43. The summed E-state index contributed by atoms with van der Waals surface area (Å²) in [7, 11) is 4.16. The molecule has 1 aliphatic rings. The zero-order chi connectivity index (χ0) is 17.4. The molecule has 4 rings (SSSR count). The normalized spacial score (nSPS) is 13.8. The van der Waals surface area contributed by atoms with Gasteiger partial charge >= 0.3 is 0 Å². The van der Waals surface area contributed by atoms with Gasteiger partial charge in [-0.15, -0.1) is 0 Å². The van der Waals surface area contributed by atoms with Crippen molar-refractivity contribution in [3.8, 4) is 0 Å². The maximum atomic E-state index is 13.5. The lowest BCUT2D eigenvalue weighted by molar-refractivity contribution is 0.400. The Balaban J connectivity index is 1.66. The van der Waals surface area contributed by atoms with Crippen LogP contribution in [-0.2, 0) is 12.8 Å². The fourth-order valence-electron chi connectivity index (χ4n) is 3.23. The Kier molecular flexibility index (Phi) is 4.35. The van der Waals surface area contributed by atoms with Crippen LogP contribution in [0.4, 0.5) is 15.9 Å². The molecule has 2 aromatic heterocycles. The number of aromatic nitrogens is 3. The third-order valence-electron chi connectivity index (χ3n) is 4.41. The summed E-state index contributed by atoms with van der Waals surface area (Å²) >= 11 is 1.64. The zero-order valence-corrected chi connectivity index (χ0v) is 15.2. The van der Waals surface area contributed by atoms with Gasteiger partial charge < -0.3 is 9.80 Å². The van der Waals surface area contributed by atoms with Crippen LogP contribution in [0.15, 0.2) is 24.5 Å². The van der Waals surface area contributed by atoms with Crippen molar-refractivity contribution in [2.45, 2.75) is 19.3 Å². The van der Waals surface area contributed by atoms with Gasteiger partial charge in [-0.25, -0.2) is 19.3 Å². The number of fused-ring (bicyclic) bond motifs is 2. The zero-order valence-electron chi connectivity index (χ0n) is 14.4. The van der Waals surface area contributed by atoms with Crippen molar-refractivity contribution in [1.82, 2.24) is 19.9 Å². The van der Waals surface area contributed by atoms with Gasteiger partial charge in [0.25, 0.3) is 0 Å². The van der Waals surface area contributed by atoms with E-state index in [1.807, 2.05) is 6.07 Å². The van der Waals surface area contributed by atoms with Crippen LogP contribution in [0.5, 0.6) is 0 Å². The first-order chi connectivity index (χ1) is 12.1. The molecule has 0 atom stereocenters. The molecule has 0 saturated carbocycles. The van der Waals surface area contributed by atoms with E-state index in [0.717, 1.165) is 64.8 Å². The second-order valence-electron chi connectivity index (χ2n) is 6.54. The SMILES string of the molecule is CN(C)CCCc1nc2c(N3CCc4cc(F)ccc43)ncnc2s1. The van der Waals surface area contributed by atoms with Crippen molar-refractivity contribution in [2.24, 2.45) is 0 Å². The second kappa shape index (κ2) is 6.65. The van der Waals surface area contributed by atoms with Gasteiger partial charge in [-0.3, -0.25) is 0 Å². The molecule has 1 aliphatic heterocycles. The molecule has 0 amide bonds. The van der Waals surface area contributed by atoms with E-state index in [1.54, 1.807) is 23.7 Å². The number of thiazole rings is 1. The Hall–Kier alpha value is -2.12. The number of rotatable bonds is 5. The molecule has 3 aromatic rings. The maximum absolute atomic E-state index is 13.5. The molecule has 0 unspecified atom stereocenters. The molecule has 5 nitrogen and oxygen atoms in total. The van der Waals surface area contributed by atoms with Crippen LogP contribution in [0.2, 0.25) is 0 Å². The maximum Gasteiger partial charge on any atom is 0.164 e. The van der Waals surface area contributed by atoms with Crippen LogP contribution in [0.25, 0.3) is 10.3 Å². The van der Waals surface area contributed by atoms with E-state index in [4.69, 9.17) is 4.98 Å². The average Bonchev–Trinajstić information content (AvgIpc) is 3.17. The van der Waals surface area contributed by atoms with Gasteiger partial charge in [0.2, 0.25) is 0 Å². The standard InChI is InChI=1S/C18H20FN5S/c1-23(2)8-3-4-15-22-16-17(20-11-21-18(16)25-15)24-9-7-12-10-13(19)5-6-14(12)24/h5-6,10-11H,3-4,7-9H2,1-2H3. The Morgan fingerprint density at radius 3 is 3.00 bits per heavy atom. The highest BCUT2D eigenvalue weighted by atomic mass is 32.1. The van der Waals surface area contributed by atoms with Gasteiger partial charge in [0.05, 0.1) is 5.01 Å². The highest BCUT2D eigenvalue weighted by Gasteiger charge is 2.25. The molecule has 0 N–H and O–H groups in total. The van der Waals surface area contributed by atoms with Crippen molar-refractivity contribution >= 4 is 33.2 Å². The first-order valence-corrected chi connectivity index (χ1v) is 9.24. The minimum atomic E-state index is -0.190. The number of halogens is 1. The Morgan fingerprint density at radius 1 is 1.28 bits per heavy atom. The van der Waals surface area contributed by atoms with E-state index in [2.05, 4.69) is 33.9 Å². The summed E-state index contributed by atoms with van der Waals surface area (Å²) in [5.74, 6) is 0.635.